The zero-order valence-corrected chi connectivity index (χ0v) is 10.4. The molecule has 1 aromatic carbocycles. The minimum Gasteiger partial charge on any atom is -0.305 e. The van der Waals surface area contributed by atoms with Gasteiger partial charge in [-0.3, -0.25) is 9.78 Å². The molecule has 1 aliphatic heterocycles. The predicted molar refractivity (Wildman–Crippen MR) is 73.3 cm³/mol. The predicted octanol–water partition coefficient (Wildman–Crippen LogP) is 2.14. The van der Waals surface area contributed by atoms with E-state index in [0.29, 0.717) is 11.4 Å². The van der Waals surface area contributed by atoms with Crippen molar-refractivity contribution >= 4 is 17.8 Å². The van der Waals surface area contributed by atoms with Crippen LogP contribution in [0.3, 0.4) is 0 Å². The smallest absolute Gasteiger partial charge is 0.275 e. The van der Waals surface area contributed by atoms with Crippen LogP contribution < -0.4 is 5.32 Å². The molecule has 0 saturated heterocycles. The minimum absolute atomic E-state index is 0.275. The lowest BCUT2D eigenvalue weighted by Crippen LogP contribution is -2.24. The molecule has 0 spiro atoms. The molecule has 2 heterocycles. The molecule has 2 aromatic rings. The molecular formula is C15H10FN3O. The number of pyridine rings is 1. The van der Waals surface area contributed by atoms with Gasteiger partial charge in [0, 0.05) is 18.0 Å². The number of carbonyl (C=O) groups excluding carboxylic acids is 1. The summed E-state index contributed by atoms with van der Waals surface area (Å²) >= 11 is 0. The average molecular weight is 267 g/mol. The molecule has 0 saturated carbocycles. The molecule has 0 aliphatic carbocycles. The number of aliphatic imine (C=N–C) groups is 1. The maximum atomic E-state index is 13.2. The largest absolute Gasteiger partial charge is 0.305 e. The molecule has 20 heavy (non-hydrogen) atoms. The van der Waals surface area contributed by atoms with Gasteiger partial charge in [-0.1, -0.05) is 18.2 Å². The zero-order valence-electron chi connectivity index (χ0n) is 10.4. The van der Waals surface area contributed by atoms with E-state index in [2.05, 4.69) is 15.3 Å². The number of rotatable bonds is 2. The first-order chi connectivity index (χ1) is 9.72. The summed E-state index contributed by atoms with van der Waals surface area (Å²) in [5, 5.41) is 2.62. The van der Waals surface area contributed by atoms with E-state index in [1.54, 1.807) is 36.7 Å². The number of nitrogens with zero attached hydrogens (tertiary/aromatic N) is 2. The molecule has 1 aliphatic rings. The first kappa shape index (κ1) is 12.2. The number of benzene rings is 1. The van der Waals surface area contributed by atoms with Crippen molar-refractivity contribution < 1.29 is 9.18 Å². The van der Waals surface area contributed by atoms with Crippen LogP contribution in [-0.4, -0.2) is 16.7 Å². The fraction of sp³-hybridized carbons (Fsp3) is 0. The van der Waals surface area contributed by atoms with Gasteiger partial charge in [-0.25, -0.2) is 9.38 Å². The molecule has 0 atom stereocenters. The molecule has 0 fully saturated rings. The fourth-order valence-corrected chi connectivity index (χ4v) is 1.86. The van der Waals surface area contributed by atoms with Gasteiger partial charge in [0.15, 0.2) is 0 Å². The molecule has 1 amide bonds. The molecule has 1 N–H and O–H groups in total. The number of hydrogen-bond acceptors (Lipinski definition) is 3. The van der Waals surface area contributed by atoms with Crippen molar-refractivity contribution in [2.24, 2.45) is 4.99 Å². The highest BCUT2D eigenvalue weighted by Gasteiger charge is 2.21. The summed E-state index contributed by atoms with van der Waals surface area (Å²) in [5.41, 5.74) is 1.59. The highest BCUT2D eigenvalue weighted by atomic mass is 19.1. The van der Waals surface area contributed by atoms with Crippen LogP contribution >= 0.6 is 0 Å². The topological polar surface area (TPSA) is 54.4 Å². The van der Waals surface area contributed by atoms with Gasteiger partial charge in [0.1, 0.15) is 17.3 Å². The Bertz CT molecular complexity index is 723. The minimum atomic E-state index is -0.371. The van der Waals surface area contributed by atoms with E-state index >= 15 is 0 Å². The Balaban J connectivity index is 1.95. The van der Waals surface area contributed by atoms with Gasteiger partial charge >= 0.3 is 0 Å². The number of halogens is 1. The molecule has 3 rings (SSSR count). The first-order valence-electron chi connectivity index (χ1n) is 6.00. The Labute approximate surface area is 114 Å². The van der Waals surface area contributed by atoms with Gasteiger partial charge in [0.05, 0.1) is 0 Å². The Morgan fingerprint density at radius 3 is 2.85 bits per heavy atom. The quantitative estimate of drug-likeness (QED) is 0.847. The summed E-state index contributed by atoms with van der Waals surface area (Å²) in [5.74, 6) is -0.332. The van der Waals surface area contributed by atoms with Crippen LogP contribution in [0.1, 0.15) is 11.1 Å². The van der Waals surface area contributed by atoms with Gasteiger partial charge in [0.25, 0.3) is 5.91 Å². The third-order valence-corrected chi connectivity index (χ3v) is 2.78. The van der Waals surface area contributed by atoms with Gasteiger partial charge in [0.2, 0.25) is 0 Å². The number of nitrogens with one attached hydrogen (secondary N) is 1. The molecule has 0 radical (unpaired) electrons. The van der Waals surface area contributed by atoms with Crippen LogP contribution in [0.5, 0.6) is 0 Å². The lowest BCUT2D eigenvalue weighted by Gasteiger charge is -1.99. The molecule has 1 aromatic heterocycles. The van der Waals surface area contributed by atoms with E-state index in [9.17, 15) is 9.18 Å². The van der Waals surface area contributed by atoms with Crippen LogP contribution in [0.2, 0.25) is 0 Å². The molecule has 5 heteroatoms. The van der Waals surface area contributed by atoms with Crippen molar-refractivity contribution in [2.75, 3.05) is 0 Å². The van der Waals surface area contributed by atoms with Crippen LogP contribution in [-0.2, 0) is 4.79 Å². The summed E-state index contributed by atoms with van der Waals surface area (Å²) in [6.07, 6.45) is 4.92. The number of carbonyl (C=O) groups is 1. The summed E-state index contributed by atoms with van der Waals surface area (Å²) in [6.45, 7) is 0. The number of hydrogen-bond donors (Lipinski definition) is 1. The average Bonchev–Trinajstić information content (AvgIpc) is 2.81. The second kappa shape index (κ2) is 5.05. The molecular weight excluding hydrogens is 257 g/mol. The van der Waals surface area contributed by atoms with Crippen molar-refractivity contribution in [1.82, 2.24) is 10.3 Å². The summed E-state index contributed by atoms with van der Waals surface area (Å²) in [4.78, 5) is 20.0. The summed E-state index contributed by atoms with van der Waals surface area (Å²) in [6, 6.07) is 9.52. The van der Waals surface area contributed by atoms with Gasteiger partial charge in [-0.2, -0.15) is 0 Å². The van der Waals surface area contributed by atoms with Gasteiger partial charge in [-0.05, 0) is 29.8 Å². The first-order valence-corrected chi connectivity index (χ1v) is 6.00. The van der Waals surface area contributed by atoms with E-state index in [1.165, 1.54) is 12.1 Å². The van der Waals surface area contributed by atoms with Crippen molar-refractivity contribution in [2.45, 2.75) is 0 Å². The molecule has 98 valence electrons. The monoisotopic (exact) mass is 267 g/mol. The lowest BCUT2D eigenvalue weighted by atomic mass is 10.2. The standard InChI is InChI=1S/C15H10FN3O/c16-12-5-1-4-11(8-12)14-18-13(15(20)19-14)7-10-3-2-6-17-9-10/h1-9H,(H,18,19,20)/b13-7+. The zero-order chi connectivity index (χ0) is 13.9. The Morgan fingerprint density at radius 2 is 2.10 bits per heavy atom. The van der Waals surface area contributed by atoms with Crippen LogP contribution in [0, 0.1) is 5.82 Å². The number of amides is 1. The van der Waals surface area contributed by atoms with E-state index < -0.39 is 0 Å². The Morgan fingerprint density at radius 1 is 1.20 bits per heavy atom. The molecule has 4 nitrogen and oxygen atoms in total. The normalized spacial score (nSPS) is 16.1. The van der Waals surface area contributed by atoms with E-state index in [0.717, 1.165) is 5.56 Å². The van der Waals surface area contributed by atoms with Crippen molar-refractivity contribution in [3.05, 3.63) is 71.4 Å². The van der Waals surface area contributed by atoms with Crippen LogP contribution in [0.25, 0.3) is 6.08 Å². The van der Waals surface area contributed by atoms with E-state index in [4.69, 9.17) is 0 Å². The highest BCUT2D eigenvalue weighted by molar-refractivity contribution is 6.19. The lowest BCUT2D eigenvalue weighted by molar-refractivity contribution is -0.115. The number of amidine groups is 1. The fourth-order valence-electron chi connectivity index (χ4n) is 1.86. The van der Waals surface area contributed by atoms with Gasteiger partial charge in [-0.15, -0.1) is 0 Å². The third kappa shape index (κ3) is 2.47. The van der Waals surface area contributed by atoms with Crippen molar-refractivity contribution in [3.63, 3.8) is 0 Å². The molecule has 0 unspecified atom stereocenters. The van der Waals surface area contributed by atoms with E-state index in [-0.39, 0.29) is 17.4 Å². The maximum absolute atomic E-state index is 13.2. The van der Waals surface area contributed by atoms with Crippen LogP contribution in [0.15, 0.2) is 59.5 Å². The maximum Gasteiger partial charge on any atom is 0.275 e. The summed E-state index contributed by atoms with van der Waals surface area (Å²) < 4.78 is 13.2. The highest BCUT2D eigenvalue weighted by Crippen LogP contribution is 2.15. The second-order valence-corrected chi connectivity index (χ2v) is 4.24. The van der Waals surface area contributed by atoms with Crippen molar-refractivity contribution in [1.29, 1.82) is 0 Å². The number of aromatic nitrogens is 1. The Hall–Kier alpha value is -2.82. The summed E-state index contributed by atoms with van der Waals surface area (Å²) in [7, 11) is 0. The van der Waals surface area contributed by atoms with Crippen LogP contribution in [0.4, 0.5) is 4.39 Å². The van der Waals surface area contributed by atoms with Gasteiger partial charge < -0.3 is 5.32 Å². The molecule has 0 bridgehead atoms. The van der Waals surface area contributed by atoms with Crippen molar-refractivity contribution in [3.8, 4) is 0 Å². The SMILES string of the molecule is O=C1NC(c2cccc(F)c2)=N/C1=C/c1cccnc1. The third-order valence-electron chi connectivity index (χ3n) is 2.78. The van der Waals surface area contributed by atoms with E-state index in [1.807, 2.05) is 6.07 Å². The second-order valence-electron chi connectivity index (χ2n) is 4.24. The Kier molecular flexibility index (Phi) is 3.09.